The Balaban J connectivity index is 1.93. The van der Waals surface area contributed by atoms with E-state index in [2.05, 4.69) is 15.9 Å². The lowest BCUT2D eigenvalue weighted by atomic mass is 10.1. The van der Waals surface area contributed by atoms with Gasteiger partial charge >= 0.3 is 0 Å². The van der Waals surface area contributed by atoms with E-state index in [9.17, 15) is 4.79 Å². The van der Waals surface area contributed by atoms with Crippen LogP contribution in [0.5, 0.6) is 0 Å². The number of rotatable bonds is 2. The van der Waals surface area contributed by atoms with Crippen LogP contribution < -0.4 is 10.6 Å². The maximum Gasteiger partial charge on any atom is 0.248 e. The summed E-state index contributed by atoms with van der Waals surface area (Å²) in [6, 6.07) is 15.1. The number of nitrogens with two attached hydrogens (primary N) is 1. The summed E-state index contributed by atoms with van der Waals surface area (Å²) in [7, 11) is 0. The number of hydrogen-bond acceptors (Lipinski definition) is 2. The molecule has 0 fully saturated rings. The van der Waals surface area contributed by atoms with Gasteiger partial charge in [0.25, 0.3) is 0 Å². The zero-order valence-electron chi connectivity index (χ0n) is 10.2. The summed E-state index contributed by atoms with van der Waals surface area (Å²) in [5.74, 6) is -0.0379. The fourth-order valence-corrected chi connectivity index (χ4v) is 2.62. The number of anilines is 1. The van der Waals surface area contributed by atoms with Crippen LogP contribution in [-0.4, -0.2) is 5.91 Å². The molecule has 96 valence electrons. The summed E-state index contributed by atoms with van der Waals surface area (Å²) in [5, 5.41) is 0. The molecule has 3 nitrogen and oxygen atoms in total. The summed E-state index contributed by atoms with van der Waals surface area (Å²) in [4.78, 5) is 14.0. The highest BCUT2D eigenvalue weighted by molar-refractivity contribution is 9.10. The molecule has 19 heavy (non-hydrogen) atoms. The minimum absolute atomic E-state index is 0.0379. The number of amides is 1. The Kier molecular flexibility index (Phi) is 3.12. The lowest BCUT2D eigenvalue weighted by molar-refractivity contribution is -0.119. The second kappa shape index (κ2) is 4.79. The molecule has 4 heteroatoms. The first-order valence-electron chi connectivity index (χ1n) is 6.07. The summed E-state index contributed by atoms with van der Waals surface area (Å²) in [6.07, 6.45) is 0. The number of carbonyl (C=O) groups is 1. The first kappa shape index (κ1) is 12.4. The molecule has 2 aromatic carbocycles. The van der Waals surface area contributed by atoms with Gasteiger partial charge in [0.2, 0.25) is 5.91 Å². The van der Waals surface area contributed by atoms with Gasteiger partial charge < -0.3 is 10.6 Å². The second-order valence-corrected chi connectivity index (χ2v) is 5.50. The third-order valence-electron chi connectivity index (χ3n) is 3.35. The standard InChI is InChI=1S/C15H13BrN2O/c16-11-7-5-10(6-8-11)9-18-13-4-2-1-3-12(13)14(17)15(18)19/h1-8,14H,9,17H2. The van der Waals surface area contributed by atoms with Gasteiger partial charge in [0, 0.05) is 15.7 Å². The fraction of sp³-hybridized carbons (Fsp3) is 0.133. The maximum absolute atomic E-state index is 12.2. The molecule has 0 bridgehead atoms. The van der Waals surface area contributed by atoms with Crippen LogP contribution in [0.25, 0.3) is 0 Å². The second-order valence-electron chi connectivity index (χ2n) is 4.59. The third-order valence-corrected chi connectivity index (χ3v) is 3.88. The van der Waals surface area contributed by atoms with Crippen molar-refractivity contribution in [3.63, 3.8) is 0 Å². The Labute approximate surface area is 120 Å². The van der Waals surface area contributed by atoms with Crippen LogP contribution in [0.2, 0.25) is 0 Å². The van der Waals surface area contributed by atoms with Crippen molar-refractivity contribution in [2.45, 2.75) is 12.6 Å². The van der Waals surface area contributed by atoms with E-state index in [4.69, 9.17) is 5.73 Å². The molecule has 0 aliphatic carbocycles. The highest BCUT2D eigenvalue weighted by atomic mass is 79.9. The van der Waals surface area contributed by atoms with Crippen molar-refractivity contribution in [1.29, 1.82) is 0 Å². The zero-order valence-corrected chi connectivity index (χ0v) is 11.8. The van der Waals surface area contributed by atoms with Crippen molar-refractivity contribution in [3.8, 4) is 0 Å². The van der Waals surface area contributed by atoms with E-state index in [0.29, 0.717) is 6.54 Å². The van der Waals surface area contributed by atoms with E-state index in [-0.39, 0.29) is 5.91 Å². The molecule has 1 atom stereocenters. The molecule has 1 amide bonds. The van der Waals surface area contributed by atoms with E-state index in [1.165, 1.54) is 0 Å². The molecule has 2 N–H and O–H groups in total. The molecule has 0 saturated carbocycles. The van der Waals surface area contributed by atoms with Crippen LogP contribution in [0.1, 0.15) is 17.2 Å². The van der Waals surface area contributed by atoms with Gasteiger partial charge in [-0.15, -0.1) is 0 Å². The highest BCUT2D eigenvalue weighted by Crippen LogP contribution is 2.35. The van der Waals surface area contributed by atoms with Crippen LogP contribution in [0.15, 0.2) is 53.0 Å². The van der Waals surface area contributed by atoms with Gasteiger partial charge in [-0.1, -0.05) is 46.3 Å². The van der Waals surface area contributed by atoms with Crippen molar-refractivity contribution in [2.75, 3.05) is 4.90 Å². The Hall–Kier alpha value is -1.65. The van der Waals surface area contributed by atoms with Crippen LogP contribution in [0.3, 0.4) is 0 Å². The van der Waals surface area contributed by atoms with Crippen LogP contribution in [0, 0.1) is 0 Å². The number of benzene rings is 2. The quantitative estimate of drug-likeness (QED) is 0.925. The smallest absolute Gasteiger partial charge is 0.248 e. The molecule has 1 aliphatic heterocycles. The zero-order chi connectivity index (χ0) is 13.4. The first-order chi connectivity index (χ1) is 9.16. The van der Waals surface area contributed by atoms with Gasteiger partial charge in [0.15, 0.2) is 0 Å². The number of para-hydroxylation sites is 1. The molecule has 0 saturated heterocycles. The predicted octanol–water partition coefficient (Wildman–Crippen LogP) is 3.00. The van der Waals surface area contributed by atoms with Crippen molar-refractivity contribution in [1.82, 2.24) is 0 Å². The average Bonchev–Trinajstić information content (AvgIpc) is 2.67. The van der Waals surface area contributed by atoms with Gasteiger partial charge in [0.1, 0.15) is 6.04 Å². The average molecular weight is 317 g/mol. The van der Waals surface area contributed by atoms with E-state index in [1.54, 1.807) is 4.90 Å². The number of carbonyl (C=O) groups excluding carboxylic acids is 1. The van der Waals surface area contributed by atoms with Crippen molar-refractivity contribution in [3.05, 3.63) is 64.1 Å². The van der Waals surface area contributed by atoms with Gasteiger partial charge in [-0.2, -0.15) is 0 Å². The van der Waals surface area contributed by atoms with Gasteiger partial charge in [0.05, 0.1) is 6.54 Å². The molecule has 1 unspecified atom stereocenters. The largest absolute Gasteiger partial charge is 0.316 e. The Bertz CT molecular complexity index is 624. The lowest BCUT2D eigenvalue weighted by Gasteiger charge is -2.17. The van der Waals surface area contributed by atoms with Crippen LogP contribution in [-0.2, 0) is 11.3 Å². The van der Waals surface area contributed by atoms with E-state index in [1.807, 2.05) is 48.5 Å². The number of halogens is 1. The van der Waals surface area contributed by atoms with Crippen molar-refractivity contribution >= 4 is 27.5 Å². The summed E-state index contributed by atoms with van der Waals surface area (Å²) < 4.78 is 1.03. The monoisotopic (exact) mass is 316 g/mol. The minimum atomic E-state index is -0.536. The normalized spacial score (nSPS) is 17.7. The number of fused-ring (bicyclic) bond motifs is 1. The highest BCUT2D eigenvalue weighted by Gasteiger charge is 2.34. The van der Waals surface area contributed by atoms with E-state index >= 15 is 0 Å². The first-order valence-corrected chi connectivity index (χ1v) is 6.86. The van der Waals surface area contributed by atoms with Gasteiger partial charge in [-0.3, -0.25) is 4.79 Å². The summed E-state index contributed by atoms with van der Waals surface area (Å²) >= 11 is 3.40. The predicted molar refractivity (Wildman–Crippen MR) is 78.7 cm³/mol. The molecule has 1 heterocycles. The molecule has 1 aliphatic rings. The van der Waals surface area contributed by atoms with E-state index < -0.39 is 6.04 Å². The molecule has 3 rings (SSSR count). The number of nitrogens with zero attached hydrogens (tertiary/aromatic N) is 1. The van der Waals surface area contributed by atoms with Gasteiger partial charge in [-0.25, -0.2) is 0 Å². The SMILES string of the molecule is NC1C(=O)N(Cc2ccc(Br)cc2)c2ccccc21. The number of hydrogen-bond donors (Lipinski definition) is 1. The Morgan fingerprint density at radius 3 is 2.53 bits per heavy atom. The van der Waals surface area contributed by atoms with E-state index in [0.717, 1.165) is 21.3 Å². The molecule has 0 spiro atoms. The fourth-order valence-electron chi connectivity index (χ4n) is 2.35. The molecule has 2 aromatic rings. The maximum atomic E-state index is 12.2. The summed E-state index contributed by atoms with van der Waals surface area (Å²) in [5.41, 5.74) is 8.87. The summed E-state index contributed by atoms with van der Waals surface area (Å²) in [6.45, 7) is 0.552. The Morgan fingerprint density at radius 2 is 1.79 bits per heavy atom. The van der Waals surface area contributed by atoms with Crippen molar-refractivity contribution in [2.24, 2.45) is 5.73 Å². The van der Waals surface area contributed by atoms with Gasteiger partial charge in [-0.05, 0) is 23.8 Å². The third kappa shape index (κ3) is 2.17. The van der Waals surface area contributed by atoms with Crippen molar-refractivity contribution < 1.29 is 4.79 Å². The lowest BCUT2D eigenvalue weighted by Crippen LogP contribution is -2.31. The molecule has 0 radical (unpaired) electrons. The topological polar surface area (TPSA) is 46.3 Å². The van der Waals surface area contributed by atoms with Crippen LogP contribution >= 0.6 is 15.9 Å². The van der Waals surface area contributed by atoms with Crippen LogP contribution in [0.4, 0.5) is 5.69 Å². The minimum Gasteiger partial charge on any atom is -0.316 e. The molecular weight excluding hydrogens is 304 g/mol. The molecular formula is C15H13BrN2O. The molecule has 0 aromatic heterocycles. The Morgan fingerprint density at radius 1 is 1.11 bits per heavy atom.